The Labute approximate surface area is 89.5 Å². The van der Waals surface area contributed by atoms with Gasteiger partial charge in [-0.25, -0.2) is 0 Å². The first kappa shape index (κ1) is 11.4. The van der Waals surface area contributed by atoms with E-state index in [0.29, 0.717) is 11.7 Å². The summed E-state index contributed by atoms with van der Waals surface area (Å²) in [5, 5.41) is 0.314. The fourth-order valence-electron chi connectivity index (χ4n) is 1.29. The van der Waals surface area contributed by atoms with Crippen LogP contribution in [0.25, 0.3) is 0 Å². The normalized spacial score (nSPS) is 12.6. The zero-order valence-corrected chi connectivity index (χ0v) is 9.35. The minimum atomic E-state index is 0.314. The highest BCUT2D eigenvalue weighted by atomic mass is 32.2. The van der Waals surface area contributed by atoms with Crippen molar-refractivity contribution in [3.8, 4) is 0 Å². The third-order valence-electron chi connectivity index (χ3n) is 2.10. The molecule has 1 aromatic rings. The minimum Gasteiger partial charge on any atom is -0.364 e. The number of carbonyl (C=O) groups excluding carboxylic acids is 1. The molecule has 0 aromatic carbocycles. The largest absolute Gasteiger partial charge is 0.364 e. The molecule has 0 aliphatic carbocycles. The van der Waals surface area contributed by atoms with E-state index in [9.17, 15) is 4.79 Å². The van der Waals surface area contributed by atoms with Crippen LogP contribution in [0.4, 0.5) is 0 Å². The average molecular weight is 211 g/mol. The molecule has 0 aliphatic rings. The van der Waals surface area contributed by atoms with Crippen LogP contribution in [-0.4, -0.2) is 17.0 Å². The van der Waals surface area contributed by atoms with Crippen LogP contribution in [0.15, 0.2) is 18.3 Å². The number of aromatic amines is 1. The van der Waals surface area contributed by atoms with Crippen molar-refractivity contribution in [1.82, 2.24) is 4.98 Å². The number of aldehydes is 1. The first-order valence-electron chi connectivity index (χ1n) is 5.07. The zero-order chi connectivity index (χ0) is 10.2. The van der Waals surface area contributed by atoms with Gasteiger partial charge in [0.1, 0.15) is 6.29 Å². The number of hydrogen-bond acceptors (Lipinski definition) is 2. The van der Waals surface area contributed by atoms with E-state index in [1.807, 2.05) is 30.1 Å². The highest BCUT2D eigenvalue weighted by Gasteiger charge is 2.11. The molecule has 0 radical (unpaired) electrons. The van der Waals surface area contributed by atoms with Gasteiger partial charge in [0.25, 0.3) is 0 Å². The molecular formula is C11H17NOS. The maximum atomic E-state index is 10.5. The van der Waals surface area contributed by atoms with Crippen molar-refractivity contribution in [2.75, 3.05) is 5.75 Å². The molecule has 1 aromatic heterocycles. The summed E-state index contributed by atoms with van der Waals surface area (Å²) in [5.74, 6) is 1.13. The molecule has 0 amide bonds. The van der Waals surface area contributed by atoms with Crippen LogP contribution in [0.2, 0.25) is 0 Å². The van der Waals surface area contributed by atoms with Gasteiger partial charge in [0.2, 0.25) is 0 Å². The van der Waals surface area contributed by atoms with E-state index in [1.165, 1.54) is 18.5 Å². The number of nitrogens with one attached hydrogen (secondary N) is 1. The fraction of sp³-hybridized carbons (Fsp3) is 0.545. The van der Waals surface area contributed by atoms with Crippen LogP contribution in [0.1, 0.15) is 37.1 Å². The van der Waals surface area contributed by atoms with Crippen LogP contribution in [0.5, 0.6) is 0 Å². The molecule has 0 fully saturated rings. The van der Waals surface area contributed by atoms with Gasteiger partial charge >= 0.3 is 0 Å². The van der Waals surface area contributed by atoms with E-state index >= 15 is 0 Å². The Hall–Kier alpha value is -0.700. The number of thioether (sulfide) groups is 1. The summed E-state index contributed by atoms with van der Waals surface area (Å²) >= 11 is 1.87. The molecular weight excluding hydrogens is 194 g/mol. The molecule has 1 unspecified atom stereocenters. The molecule has 2 nitrogen and oxygen atoms in total. The molecule has 0 spiro atoms. The van der Waals surface area contributed by atoms with Crippen LogP contribution in [0.3, 0.4) is 0 Å². The Bertz CT molecular complexity index is 246. The Balaban J connectivity index is 2.43. The summed E-state index contributed by atoms with van der Waals surface area (Å²) in [6.45, 7) is 2.18. The van der Waals surface area contributed by atoms with Crippen LogP contribution in [-0.2, 0) is 4.79 Å². The molecule has 1 N–H and O–H groups in total. The predicted octanol–water partition coefficient (Wildman–Crippen LogP) is 3.18. The van der Waals surface area contributed by atoms with E-state index in [0.717, 1.165) is 12.0 Å². The van der Waals surface area contributed by atoms with E-state index in [2.05, 4.69) is 11.9 Å². The molecule has 0 bridgehead atoms. The molecule has 0 saturated carbocycles. The molecule has 14 heavy (non-hydrogen) atoms. The number of unbranched alkanes of at least 4 members (excludes halogenated alkanes) is 1. The van der Waals surface area contributed by atoms with Crippen LogP contribution < -0.4 is 0 Å². The summed E-state index contributed by atoms with van der Waals surface area (Å²) in [6, 6.07) is 4.03. The lowest BCUT2D eigenvalue weighted by molar-refractivity contribution is -0.107. The smallest absolute Gasteiger partial charge is 0.121 e. The molecule has 1 rings (SSSR count). The lowest BCUT2D eigenvalue weighted by Crippen LogP contribution is -1.96. The minimum absolute atomic E-state index is 0.314. The summed E-state index contributed by atoms with van der Waals surface area (Å²) in [6.07, 6.45) is 5.96. The van der Waals surface area contributed by atoms with Crippen molar-refractivity contribution in [3.05, 3.63) is 24.0 Å². The highest BCUT2D eigenvalue weighted by Crippen LogP contribution is 2.30. The lowest BCUT2D eigenvalue weighted by atomic mass is 10.2. The Morgan fingerprint density at radius 1 is 1.64 bits per heavy atom. The van der Waals surface area contributed by atoms with Crippen molar-refractivity contribution in [1.29, 1.82) is 0 Å². The summed E-state index contributed by atoms with van der Waals surface area (Å²) in [7, 11) is 0. The van der Waals surface area contributed by atoms with Gasteiger partial charge in [0.05, 0.1) is 5.25 Å². The maximum Gasteiger partial charge on any atom is 0.121 e. The van der Waals surface area contributed by atoms with Crippen molar-refractivity contribution in [2.24, 2.45) is 0 Å². The first-order valence-corrected chi connectivity index (χ1v) is 6.12. The van der Waals surface area contributed by atoms with Crippen molar-refractivity contribution >= 4 is 18.0 Å². The molecule has 1 atom stereocenters. The van der Waals surface area contributed by atoms with E-state index in [1.54, 1.807) is 0 Å². The number of carbonyl (C=O) groups is 1. The topological polar surface area (TPSA) is 32.9 Å². The quantitative estimate of drug-likeness (QED) is 0.555. The first-order chi connectivity index (χ1) is 6.88. The van der Waals surface area contributed by atoms with Crippen molar-refractivity contribution in [2.45, 2.75) is 31.4 Å². The molecule has 0 saturated heterocycles. The van der Waals surface area contributed by atoms with Gasteiger partial charge in [-0.15, -0.1) is 0 Å². The standard InChI is InChI=1S/C11H17NOS/c1-2-3-9-14-11(6-8-13)10-5-4-7-12-10/h4-5,7-8,11-12H,2-3,6,9H2,1H3. The SMILES string of the molecule is CCCCSC(CC=O)c1ccc[nH]1. The van der Waals surface area contributed by atoms with Gasteiger partial charge in [-0.1, -0.05) is 13.3 Å². The fourth-order valence-corrected chi connectivity index (χ4v) is 2.57. The summed E-state index contributed by atoms with van der Waals surface area (Å²) in [4.78, 5) is 13.7. The Kier molecular flexibility index (Phi) is 5.45. The maximum absolute atomic E-state index is 10.5. The molecule has 3 heteroatoms. The number of hydrogen-bond donors (Lipinski definition) is 1. The van der Waals surface area contributed by atoms with Gasteiger partial charge in [-0.05, 0) is 24.3 Å². The van der Waals surface area contributed by atoms with Gasteiger partial charge in [0.15, 0.2) is 0 Å². The Morgan fingerprint density at radius 3 is 3.07 bits per heavy atom. The molecule has 0 aliphatic heterocycles. The molecule has 78 valence electrons. The second-order valence-corrected chi connectivity index (χ2v) is 4.55. The average Bonchev–Trinajstić information content (AvgIpc) is 2.70. The summed E-state index contributed by atoms with van der Waals surface area (Å²) in [5.41, 5.74) is 1.17. The summed E-state index contributed by atoms with van der Waals surface area (Å²) < 4.78 is 0. The van der Waals surface area contributed by atoms with Crippen LogP contribution in [0, 0.1) is 0 Å². The van der Waals surface area contributed by atoms with Crippen LogP contribution >= 0.6 is 11.8 Å². The van der Waals surface area contributed by atoms with Gasteiger partial charge in [-0.2, -0.15) is 11.8 Å². The predicted molar refractivity (Wildman–Crippen MR) is 61.6 cm³/mol. The third-order valence-corrected chi connectivity index (χ3v) is 3.47. The third kappa shape index (κ3) is 3.58. The Morgan fingerprint density at radius 2 is 2.50 bits per heavy atom. The second-order valence-electron chi connectivity index (χ2n) is 3.24. The van der Waals surface area contributed by atoms with Gasteiger partial charge < -0.3 is 9.78 Å². The van der Waals surface area contributed by atoms with E-state index in [4.69, 9.17) is 0 Å². The van der Waals surface area contributed by atoms with E-state index in [-0.39, 0.29) is 0 Å². The highest BCUT2D eigenvalue weighted by molar-refractivity contribution is 7.99. The second kappa shape index (κ2) is 6.71. The van der Waals surface area contributed by atoms with Crippen molar-refractivity contribution < 1.29 is 4.79 Å². The number of rotatable bonds is 7. The number of H-pyrrole nitrogens is 1. The van der Waals surface area contributed by atoms with E-state index < -0.39 is 0 Å². The molecule has 1 heterocycles. The lowest BCUT2D eigenvalue weighted by Gasteiger charge is -2.11. The van der Waals surface area contributed by atoms with Gasteiger partial charge in [0, 0.05) is 18.3 Å². The van der Waals surface area contributed by atoms with Crippen molar-refractivity contribution in [3.63, 3.8) is 0 Å². The monoisotopic (exact) mass is 211 g/mol. The number of aromatic nitrogens is 1. The van der Waals surface area contributed by atoms with Gasteiger partial charge in [-0.3, -0.25) is 0 Å². The zero-order valence-electron chi connectivity index (χ0n) is 8.53.